The highest BCUT2D eigenvalue weighted by molar-refractivity contribution is 6.87. The fraction of sp³-hybridized carbons (Fsp3) is 0.818. The molecule has 0 bridgehead atoms. The van der Waals surface area contributed by atoms with Crippen molar-refractivity contribution in [1.29, 1.82) is 0 Å². The Labute approximate surface area is 89.4 Å². The third kappa shape index (κ3) is 7.13. The van der Waals surface area contributed by atoms with Gasteiger partial charge in [-0.2, -0.15) is 0 Å². The Morgan fingerprint density at radius 1 is 1.14 bits per heavy atom. The van der Waals surface area contributed by atoms with Crippen LogP contribution in [0.4, 0.5) is 0 Å². The molecule has 0 radical (unpaired) electrons. The molecule has 0 aliphatic rings. The van der Waals surface area contributed by atoms with Gasteiger partial charge in [0, 0.05) is 6.61 Å². The first-order chi connectivity index (χ1) is 6.22. The van der Waals surface area contributed by atoms with Gasteiger partial charge < -0.3 is 10.2 Å². The molecule has 0 unspecified atom stereocenters. The maximum absolute atomic E-state index is 8.54. The minimum Gasteiger partial charge on any atom is -0.397 e. The average molecular weight is 216 g/mol. The van der Waals surface area contributed by atoms with E-state index in [-0.39, 0.29) is 13.2 Å². The Kier molecular flexibility index (Phi) is 8.13. The lowest BCUT2D eigenvalue weighted by Gasteiger charge is -2.31. The summed E-state index contributed by atoms with van der Waals surface area (Å²) in [5.41, 5.74) is 3.19. The molecule has 0 fully saturated rings. The molecule has 84 valence electrons. The van der Waals surface area contributed by atoms with Gasteiger partial charge in [-0.3, -0.25) is 0 Å². The SMILES string of the molecule is CC(C)(C)[Si](C)(C)C#CCO.CCO. The monoisotopic (exact) mass is 216 g/mol. The van der Waals surface area contributed by atoms with Crippen LogP contribution in [-0.2, 0) is 0 Å². The first kappa shape index (κ1) is 16.1. The zero-order valence-electron chi connectivity index (χ0n) is 10.3. The Balaban J connectivity index is 0. The summed E-state index contributed by atoms with van der Waals surface area (Å²) < 4.78 is 0. The molecule has 2 N–H and O–H groups in total. The molecule has 0 aromatic rings. The summed E-state index contributed by atoms with van der Waals surface area (Å²) in [6, 6.07) is 0. The topological polar surface area (TPSA) is 40.5 Å². The van der Waals surface area contributed by atoms with Crippen LogP contribution in [0.3, 0.4) is 0 Å². The van der Waals surface area contributed by atoms with Crippen LogP contribution in [0.1, 0.15) is 27.7 Å². The number of hydrogen-bond acceptors (Lipinski definition) is 2. The smallest absolute Gasteiger partial charge is 0.137 e. The second-order valence-corrected chi connectivity index (χ2v) is 9.65. The molecule has 0 heterocycles. The van der Waals surface area contributed by atoms with Crippen LogP contribution in [0.5, 0.6) is 0 Å². The molecule has 0 aliphatic carbocycles. The summed E-state index contributed by atoms with van der Waals surface area (Å²) in [4.78, 5) is 0. The molecule has 0 atom stereocenters. The summed E-state index contributed by atoms with van der Waals surface area (Å²) in [6.07, 6.45) is 0. The molecule has 0 aliphatic heterocycles. The number of aliphatic hydroxyl groups is 2. The van der Waals surface area contributed by atoms with Crippen molar-refractivity contribution in [3.8, 4) is 11.5 Å². The fourth-order valence-corrected chi connectivity index (χ4v) is 1.34. The van der Waals surface area contributed by atoms with E-state index in [2.05, 4.69) is 45.3 Å². The Hall–Kier alpha value is -0.303. The van der Waals surface area contributed by atoms with Gasteiger partial charge in [0.05, 0.1) is 0 Å². The van der Waals surface area contributed by atoms with E-state index in [0.717, 1.165) is 0 Å². The van der Waals surface area contributed by atoms with Gasteiger partial charge in [-0.05, 0) is 12.0 Å². The number of aliphatic hydroxyl groups excluding tert-OH is 2. The van der Waals surface area contributed by atoms with Gasteiger partial charge in [0.25, 0.3) is 0 Å². The average Bonchev–Trinajstić information content (AvgIpc) is 2.00. The van der Waals surface area contributed by atoms with Gasteiger partial charge in [0.2, 0.25) is 0 Å². The molecular formula is C11H24O2Si. The van der Waals surface area contributed by atoms with Crippen molar-refractivity contribution in [2.24, 2.45) is 0 Å². The number of rotatable bonds is 0. The standard InChI is InChI=1S/C9H18OSi.C2H6O/c1-9(2,3)11(4,5)8-6-7-10;1-2-3/h10H,7H2,1-5H3;3H,2H2,1H3. The van der Waals surface area contributed by atoms with Crippen molar-refractivity contribution in [3.05, 3.63) is 0 Å². The molecule has 0 rings (SSSR count). The molecule has 0 aromatic carbocycles. The fourth-order valence-electron chi connectivity index (χ4n) is 0.448. The van der Waals surface area contributed by atoms with E-state index in [0.29, 0.717) is 5.04 Å². The highest BCUT2D eigenvalue weighted by atomic mass is 28.3. The van der Waals surface area contributed by atoms with E-state index in [1.165, 1.54) is 0 Å². The molecule has 3 heteroatoms. The molecular weight excluding hydrogens is 192 g/mol. The summed E-state index contributed by atoms with van der Waals surface area (Å²) in [7, 11) is -1.45. The quantitative estimate of drug-likeness (QED) is 0.480. The van der Waals surface area contributed by atoms with Crippen LogP contribution in [0.15, 0.2) is 0 Å². The predicted molar refractivity (Wildman–Crippen MR) is 64.8 cm³/mol. The zero-order valence-corrected chi connectivity index (χ0v) is 11.3. The molecule has 0 saturated carbocycles. The molecule has 0 saturated heterocycles. The second-order valence-electron chi connectivity index (χ2n) is 4.65. The van der Waals surface area contributed by atoms with Crippen molar-refractivity contribution in [2.45, 2.75) is 45.8 Å². The van der Waals surface area contributed by atoms with Crippen molar-refractivity contribution in [3.63, 3.8) is 0 Å². The minimum absolute atomic E-state index is 0.00743. The Morgan fingerprint density at radius 2 is 1.50 bits per heavy atom. The van der Waals surface area contributed by atoms with Crippen molar-refractivity contribution in [1.82, 2.24) is 0 Å². The zero-order chi connectivity index (χ0) is 11.8. The summed E-state index contributed by atoms with van der Waals surface area (Å²) in [5.74, 6) is 2.76. The van der Waals surface area contributed by atoms with Gasteiger partial charge in [-0.25, -0.2) is 0 Å². The number of hydrogen-bond donors (Lipinski definition) is 2. The van der Waals surface area contributed by atoms with Crippen molar-refractivity contribution in [2.75, 3.05) is 13.2 Å². The lowest BCUT2D eigenvalue weighted by Crippen LogP contribution is -2.35. The van der Waals surface area contributed by atoms with Gasteiger partial charge in [-0.1, -0.05) is 39.8 Å². The maximum atomic E-state index is 8.54. The maximum Gasteiger partial charge on any atom is 0.137 e. The van der Waals surface area contributed by atoms with Gasteiger partial charge in [0.1, 0.15) is 14.7 Å². The van der Waals surface area contributed by atoms with E-state index in [1.807, 2.05) is 0 Å². The molecule has 14 heavy (non-hydrogen) atoms. The third-order valence-corrected chi connectivity index (χ3v) is 6.91. The Bertz CT molecular complexity index is 194. The van der Waals surface area contributed by atoms with Crippen LogP contribution in [0, 0.1) is 11.5 Å². The van der Waals surface area contributed by atoms with Crippen molar-refractivity contribution >= 4 is 8.07 Å². The molecule has 0 spiro atoms. The lowest BCUT2D eigenvalue weighted by molar-refractivity contribution is 0.318. The highest BCUT2D eigenvalue weighted by Crippen LogP contribution is 2.34. The van der Waals surface area contributed by atoms with E-state index in [1.54, 1.807) is 6.92 Å². The second kappa shape index (κ2) is 7.05. The minimum atomic E-state index is -1.45. The van der Waals surface area contributed by atoms with E-state index in [4.69, 9.17) is 10.2 Å². The van der Waals surface area contributed by atoms with E-state index < -0.39 is 8.07 Å². The molecule has 2 nitrogen and oxygen atoms in total. The lowest BCUT2D eigenvalue weighted by atomic mass is 10.2. The highest BCUT2D eigenvalue weighted by Gasteiger charge is 2.33. The Morgan fingerprint density at radius 3 is 1.71 bits per heavy atom. The van der Waals surface area contributed by atoms with Gasteiger partial charge in [-0.15, -0.1) is 5.54 Å². The summed E-state index contributed by atoms with van der Waals surface area (Å²) >= 11 is 0. The predicted octanol–water partition coefficient (Wildman–Crippen LogP) is 2.03. The third-order valence-electron chi connectivity index (χ3n) is 2.35. The van der Waals surface area contributed by atoms with Gasteiger partial charge in [0.15, 0.2) is 0 Å². The van der Waals surface area contributed by atoms with Crippen LogP contribution >= 0.6 is 0 Å². The van der Waals surface area contributed by atoms with Gasteiger partial charge >= 0.3 is 0 Å². The van der Waals surface area contributed by atoms with Crippen molar-refractivity contribution < 1.29 is 10.2 Å². The van der Waals surface area contributed by atoms with Crippen LogP contribution in [-0.4, -0.2) is 31.5 Å². The largest absolute Gasteiger partial charge is 0.397 e. The normalized spacial score (nSPS) is 10.9. The first-order valence-corrected chi connectivity index (χ1v) is 7.94. The summed E-state index contributed by atoms with van der Waals surface area (Å²) in [6.45, 7) is 13.0. The van der Waals surface area contributed by atoms with E-state index >= 15 is 0 Å². The van der Waals surface area contributed by atoms with Crippen LogP contribution < -0.4 is 0 Å². The van der Waals surface area contributed by atoms with Crippen LogP contribution in [0.2, 0.25) is 18.1 Å². The van der Waals surface area contributed by atoms with E-state index in [9.17, 15) is 0 Å². The first-order valence-electron chi connectivity index (χ1n) is 4.94. The molecule has 0 amide bonds. The molecule has 0 aromatic heterocycles. The van der Waals surface area contributed by atoms with Crippen LogP contribution in [0.25, 0.3) is 0 Å². The summed E-state index contributed by atoms with van der Waals surface area (Å²) in [5, 5.41) is 16.4.